The van der Waals surface area contributed by atoms with Gasteiger partial charge in [0.05, 0.1) is 10.3 Å². The molecule has 1 fully saturated rings. The lowest BCUT2D eigenvalue weighted by Gasteiger charge is -2.39. The fraction of sp³-hybridized carbons (Fsp3) is 0.500. The van der Waals surface area contributed by atoms with Crippen molar-refractivity contribution in [2.75, 3.05) is 7.11 Å². The fourth-order valence-electron chi connectivity index (χ4n) is 1.97. The third-order valence-electron chi connectivity index (χ3n) is 3.04. The van der Waals surface area contributed by atoms with E-state index in [0.29, 0.717) is 6.42 Å². The number of nitro groups is 1. The summed E-state index contributed by atoms with van der Waals surface area (Å²) in [6.45, 7) is 1.86. The quantitative estimate of drug-likeness (QED) is 0.480. The SMILES string of the molecule is COC1C(Cl)CC1Oc1cc(C)ccc1[N+](=O)[O-]. The predicted molar refractivity (Wildman–Crippen MR) is 67.3 cm³/mol. The maximum absolute atomic E-state index is 10.9. The molecule has 0 amide bonds. The Morgan fingerprint density at radius 1 is 1.50 bits per heavy atom. The molecular formula is C12H14ClNO4. The van der Waals surface area contributed by atoms with E-state index >= 15 is 0 Å². The van der Waals surface area contributed by atoms with Crippen LogP contribution < -0.4 is 4.74 Å². The number of ether oxygens (including phenoxy) is 2. The van der Waals surface area contributed by atoms with Crippen molar-refractivity contribution >= 4 is 17.3 Å². The molecule has 98 valence electrons. The molecular weight excluding hydrogens is 258 g/mol. The molecule has 1 aromatic carbocycles. The average molecular weight is 272 g/mol. The number of methoxy groups -OCH3 is 1. The zero-order valence-electron chi connectivity index (χ0n) is 10.1. The lowest BCUT2D eigenvalue weighted by atomic mass is 9.91. The van der Waals surface area contributed by atoms with E-state index in [9.17, 15) is 10.1 Å². The number of nitro benzene ring substituents is 1. The van der Waals surface area contributed by atoms with E-state index < -0.39 is 4.92 Å². The molecule has 6 heteroatoms. The summed E-state index contributed by atoms with van der Waals surface area (Å²) >= 11 is 5.97. The minimum atomic E-state index is -0.451. The summed E-state index contributed by atoms with van der Waals surface area (Å²) in [5.41, 5.74) is 0.875. The Balaban J connectivity index is 2.18. The number of alkyl halides is 1. The van der Waals surface area contributed by atoms with E-state index in [1.807, 2.05) is 6.92 Å². The van der Waals surface area contributed by atoms with Crippen molar-refractivity contribution in [3.05, 3.63) is 33.9 Å². The average Bonchev–Trinajstić information content (AvgIpc) is 2.28. The highest BCUT2D eigenvalue weighted by molar-refractivity contribution is 6.21. The topological polar surface area (TPSA) is 61.6 Å². The molecule has 0 spiro atoms. The number of hydrogen-bond acceptors (Lipinski definition) is 4. The van der Waals surface area contributed by atoms with E-state index in [1.54, 1.807) is 19.2 Å². The number of nitrogens with zero attached hydrogens (tertiary/aromatic N) is 1. The van der Waals surface area contributed by atoms with E-state index in [1.165, 1.54) is 6.07 Å². The van der Waals surface area contributed by atoms with Crippen molar-refractivity contribution in [2.45, 2.75) is 30.9 Å². The van der Waals surface area contributed by atoms with Crippen LogP contribution in [0, 0.1) is 17.0 Å². The highest BCUT2D eigenvalue weighted by atomic mass is 35.5. The maximum Gasteiger partial charge on any atom is 0.310 e. The van der Waals surface area contributed by atoms with Crippen LogP contribution in [0.4, 0.5) is 5.69 Å². The number of halogens is 1. The van der Waals surface area contributed by atoms with Crippen molar-refractivity contribution in [1.29, 1.82) is 0 Å². The van der Waals surface area contributed by atoms with Gasteiger partial charge < -0.3 is 9.47 Å². The second-order valence-electron chi connectivity index (χ2n) is 4.34. The van der Waals surface area contributed by atoms with Crippen LogP contribution in [0.1, 0.15) is 12.0 Å². The van der Waals surface area contributed by atoms with Crippen molar-refractivity contribution in [3.63, 3.8) is 0 Å². The Labute approximate surface area is 110 Å². The molecule has 3 atom stereocenters. The molecule has 5 nitrogen and oxygen atoms in total. The molecule has 0 aromatic heterocycles. The van der Waals surface area contributed by atoms with Gasteiger partial charge >= 0.3 is 5.69 Å². The van der Waals surface area contributed by atoms with Gasteiger partial charge in [-0.3, -0.25) is 10.1 Å². The van der Waals surface area contributed by atoms with Crippen LogP contribution in [0.25, 0.3) is 0 Å². The molecule has 18 heavy (non-hydrogen) atoms. The predicted octanol–water partition coefficient (Wildman–Crippen LogP) is 2.68. The van der Waals surface area contributed by atoms with E-state index in [0.717, 1.165) is 5.56 Å². The van der Waals surface area contributed by atoms with E-state index in [2.05, 4.69) is 0 Å². The van der Waals surface area contributed by atoms with Crippen LogP contribution in [-0.2, 0) is 4.74 Å². The fourth-order valence-corrected chi connectivity index (χ4v) is 2.41. The smallest absolute Gasteiger partial charge is 0.310 e. The zero-order valence-corrected chi connectivity index (χ0v) is 10.9. The standard InChI is InChI=1S/C12H14ClNO4/c1-7-3-4-9(14(15)16)10(5-7)18-11-6-8(13)12(11)17-2/h3-5,8,11-12H,6H2,1-2H3. The third kappa shape index (κ3) is 2.42. The van der Waals surface area contributed by atoms with E-state index in [-0.39, 0.29) is 29.0 Å². The first kappa shape index (κ1) is 13.1. The highest BCUT2D eigenvalue weighted by Gasteiger charge is 2.42. The van der Waals surface area contributed by atoms with Crippen LogP contribution in [0.3, 0.4) is 0 Å². The Morgan fingerprint density at radius 2 is 2.22 bits per heavy atom. The number of hydrogen-bond donors (Lipinski definition) is 0. The highest BCUT2D eigenvalue weighted by Crippen LogP contribution is 2.36. The molecule has 0 bridgehead atoms. The molecule has 0 aliphatic heterocycles. The van der Waals surface area contributed by atoms with Gasteiger partial charge in [-0.1, -0.05) is 6.07 Å². The van der Waals surface area contributed by atoms with Crippen molar-refractivity contribution in [1.82, 2.24) is 0 Å². The Hall–Kier alpha value is -1.33. The summed E-state index contributed by atoms with van der Waals surface area (Å²) in [7, 11) is 1.56. The summed E-state index contributed by atoms with van der Waals surface area (Å²) in [6.07, 6.45) is 0.190. The Bertz CT molecular complexity index is 465. The molecule has 1 aromatic rings. The molecule has 3 unspecified atom stereocenters. The van der Waals surface area contributed by atoms with Crippen LogP contribution in [0.5, 0.6) is 5.75 Å². The van der Waals surface area contributed by atoms with Crippen molar-refractivity contribution < 1.29 is 14.4 Å². The normalized spacial score (nSPS) is 26.5. The second-order valence-corrected chi connectivity index (χ2v) is 4.90. The van der Waals surface area contributed by atoms with Gasteiger partial charge in [0.15, 0.2) is 5.75 Å². The van der Waals surface area contributed by atoms with Gasteiger partial charge in [0.25, 0.3) is 0 Å². The maximum atomic E-state index is 10.9. The van der Waals surface area contributed by atoms with Gasteiger partial charge in [-0.15, -0.1) is 11.6 Å². The molecule has 0 radical (unpaired) electrons. The minimum absolute atomic E-state index is 0.0338. The van der Waals surface area contributed by atoms with Crippen LogP contribution >= 0.6 is 11.6 Å². The van der Waals surface area contributed by atoms with Gasteiger partial charge in [0.1, 0.15) is 12.2 Å². The molecule has 0 saturated heterocycles. The zero-order chi connectivity index (χ0) is 13.3. The van der Waals surface area contributed by atoms with Gasteiger partial charge in [0, 0.05) is 19.6 Å². The van der Waals surface area contributed by atoms with Crippen molar-refractivity contribution in [2.24, 2.45) is 0 Å². The second kappa shape index (κ2) is 5.12. The largest absolute Gasteiger partial charge is 0.481 e. The lowest BCUT2D eigenvalue weighted by molar-refractivity contribution is -0.386. The number of aryl methyl sites for hydroxylation is 1. The lowest BCUT2D eigenvalue weighted by Crippen LogP contribution is -2.52. The minimum Gasteiger partial charge on any atom is -0.481 e. The molecule has 2 rings (SSSR count). The van der Waals surface area contributed by atoms with Gasteiger partial charge in [-0.25, -0.2) is 0 Å². The first-order chi connectivity index (χ1) is 8.52. The van der Waals surface area contributed by atoms with Crippen LogP contribution in [-0.4, -0.2) is 29.6 Å². The van der Waals surface area contributed by atoms with E-state index in [4.69, 9.17) is 21.1 Å². The molecule has 1 aliphatic rings. The monoisotopic (exact) mass is 271 g/mol. The van der Waals surface area contributed by atoms with Gasteiger partial charge in [0.2, 0.25) is 0 Å². The first-order valence-corrected chi connectivity index (χ1v) is 6.05. The van der Waals surface area contributed by atoms with Crippen LogP contribution in [0.15, 0.2) is 18.2 Å². The van der Waals surface area contributed by atoms with Gasteiger partial charge in [-0.05, 0) is 18.6 Å². The summed E-state index contributed by atoms with van der Waals surface area (Å²) < 4.78 is 10.8. The molecule has 0 heterocycles. The molecule has 0 N–H and O–H groups in total. The Kier molecular flexibility index (Phi) is 3.73. The third-order valence-corrected chi connectivity index (χ3v) is 3.47. The number of rotatable bonds is 4. The number of benzene rings is 1. The van der Waals surface area contributed by atoms with Crippen LogP contribution in [0.2, 0.25) is 0 Å². The first-order valence-electron chi connectivity index (χ1n) is 5.61. The Morgan fingerprint density at radius 3 is 2.78 bits per heavy atom. The van der Waals surface area contributed by atoms with Gasteiger partial charge in [-0.2, -0.15) is 0 Å². The molecule has 1 saturated carbocycles. The molecule has 1 aliphatic carbocycles. The summed E-state index contributed by atoms with van der Waals surface area (Å²) in [6, 6.07) is 4.79. The summed E-state index contributed by atoms with van der Waals surface area (Å²) in [4.78, 5) is 10.5. The summed E-state index contributed by atoms with van der Waals surface area (Å²) in [5, 5.41) is 10.8. The van der Waals surface area contributed by atoms with Crippen molar-refractivity contribution in [3.8, 4) is 5.75 Å². The summed E-state index contributed by atoms with van der Waals surface area (Å²) in [5.74, 6) is 0.274.